The van der Waals surface area contributed by atoms with E-state index in [0.717, 1.165) is 16.7 Å². The first-order valence-electron chi connectivity index (χ1n) is 7.26. The molecule has 0 spiro atoms. The number of phenolic OH excluding ortho intramolecular Hbond substituents is 1. The number of hydrogen-bond acceptors (Lipinski definition) is 3. The smallest absolute Gasteiger partial charge is 0.123 e. The van der Waals surface area contributed by atoms with Gasteiger partial charge in [0.2, 0.25) is 0 Å². The van der Waals surface area contributed by atoms with Gasteiger partial charge < -0.3 is 15.5 Å². The van der Waals surface area contributed by atoms with Gasteiger partial charge in [-0.05, 0) is 27.5 Å². The molecule has 0 aliphatic carbocycles. The molecule has 0 aliphatic heterocycles. The van der Waals surface area contributed by atoms with Crippen molar-refractivity contribution in [2.75, 3.05) is 13.2 Å². The molecule has 1 aromatic rings. The number of aromatic hydroxyl groups is 1. The molecule has 3 nitrogen and oxygen atoms in total. The number of aliphatic hydroxyl groups excluding tert-OH is 1. The zero-order chi connectivity index (χ0) is 15.6. The molecule has 0 saturated carbocycles. The molecular weight excluding hydrogens is 286 g/mol. The van der Waals surface area contributed by atoms with Gasteiger partial charge in [-0.1, -0.05) is 53.7 Å². The molecule has 21 heavy (non-hydrogen) atoms. The topological polar surface area (TPSA) is 52.5 Å². The van der Waals surface area contributed by atoms with Crippen LogP contribution in [-0.2, 0) is 17.4 Å². The van der Waals surface area contributed by atoms with E-state index in [1.807, 2.05) is 0 Å². The Morgan fingerprint density at radius 1 is 0.952 bits per heavy atom. The van der Waals surface area contributed by atoms with Gasteiger partial charge in [-0.15, -0.1) is 12.4 Å². The minimum atomic E-state index is -0.100. The first-order chi connectivity index (χ1) is 9.07. The summed E-state index contributed by atoms with van der Waals surface area (Å²) in [5, 5.41) is 22.6. The van der Waals surface area contributed by atoms with Gasteiger partial charge in [0, 0.05) is 13.1 Å². The fraction of sp³-hybridized carbons (Fsp3) is 0.647. The van der Waals surface area contributed by atoms with E-state index in [1.165, 1.54) is 0 Å². The van der Waals surface area contributed by atoms with Crippen molar-refractivity contribution in [3.63, 3.8) is 0 Å². The van der Waals surface area contributed by atoms with Crippen LogP contribution in [-0.4, -0.2) is 23.4 Å². The molecule has 0 unspecified atom stereocenters. The summed E-state index contributed by atoms with van der Waals surface area (Å²) in [6.07, 6.45) is 0. The van der Waals surface area contributed by atoms with Crippen molar-refractivity contribution in [2.45, 2.75) is 58.9 Å². The number of benzene rings is 1. The van der Waals surface area contributed by atoms with Crippen LogP contribution in [0.3, 0.4) is 0 Å². The third kappa shape index (κ3) is 5.50. The maximum absolute atomic E-state index is 10.6. The van der Waals surface area contributed by atoms with Crippen molar-refractivity contribution < 1.29 is 10.2 Å². The molecule has 4 heteroatoms. The van der Waals surface area contributed by atoms with Gasteiger partial charge in [0.15, 0.2) is 0 Å². The highest BCUT2D eigenvalue weighted by atomic mass is 35.5. The Morgan fingerprint density at radius 2 is 1.38 bits per heavy atom. The fourth-order valence-corrected chi connectivity index (χ4v) is 2.25. The summed E-state index contributed by atoms with van der Waals surface area (Å²) in [6.45, 7) is 14.1. The number of halogens is 1. The molecule has 0 bridgehead atoms. The second-order valence-corrected chi connectivity index (χ2v) is 7.44. The van der Waals surface area contributed by atoms with E-state index in [2.05, 4.69) is 59.0 Å². The quantitative estimate of drug-likeness (QED) is 0.745. The average Bonchev–Trinajstić information content (AvgIpc) is 2.28. The highest BCUT2D eigenvalue weighted by molar-refractivity contribution is 5.85. The minimum Gasteiger partial charge on any atom is -0.507 e. The Hall–Kier alpha value is -0.770. The summed E-state index contributed by atoms with van der Waals surface area (Å²) in [4.78, 5) is 0. The van der Waals surface area contributed by atoms with Crippen molar-refractivity contribution in [2.24, 2.45) is 0 Å². The molecule has 0 atom stereocenters. The molecule has 122 valence electrons. The lowest BCUT2D eigenvalue weighted by molar-refractivity contribution is 0.292. The number of rotatable bonds is 4. The van der Waals surface area contributed by atoms with Crippen LogP contribution in [0.15, 0.2) is 12.1 Å². The normalized spacial score (nSPS) is 12.1. The van der Waals surface area contributed by atoms with E-state index in [1.54, 1.807) is 0 Å². The molecule has 0 aliphatic rings. The molecule has 0 fully saturated rings. The van der Waals surface area contributed by atoms with E-state index in [4.69, 9.17) is 5.11 Å². The Morgan fingerprint density at radius 3 is 1.71 bits per heavy atom. The number of phenols is 1. The van der Waals surface area contributed by atoms with Crippen LogP contribution in [0.25, 0.3) is 0 Å². The van der Waals surface area contributed by atoms with E-state index in [9.17, 15) is 5.11 Å². The first-order valence-corrected chi connectivity index (χ1v) is 7.26. The molecule has 1 aromatic carbocycles. The Bertz CT molecular complexity index is 424. The summed E-state index contributed by atoms with van der Waals surface area (Å²) in [5.74, 6) is 0.413. The summed E-state index contributed by atoms with van der Waals surface area (Å²) < 4.78 is 0. The Balaban J connectivity index is 0.00000400. The van der Waals surface area contributed by atoms with Crippen LogP contribution >= 0.6 is 12.4 Å². The van der Waals surface area contributed by atoms with E-state index < -0.39 is 0 Å². The largest absolute Gasteiger partial charge is 0.507 e. The molecule has 1 rings (SSSR count). The van der Waals surface area contributed by atoms with E-state index >= 15 is 0 Å². The van der Waals surface area contributed by atoms with E-state index in [-0.39, 0.29) is 29.8 Å². The number of nitrogens with one attached hydrogen (secondary N) is 1. The van der Waals surface area contributed by atoms with Gasteiger partial charge in [-0.2, -0.15) is 0 Å². The van der Waals surface area contributed by atoms with Crippen molar-refractivity contribution in [3.05, 3.63) is 28.8 Å². The van der Waals surface area contributed by atoms with Crippen LogP contribution in [0.4, 0.5) is 0 Å². The van der Waals surface area contributed by atoms with Gasteiger partial charge in [0.05, 0.1) is 6.61 Å². The maximum atomic E-state index is 10.6. The zero-order valence-electron chi connectivity index (χ0n) is 14.1. The third-order valence-corrected chi connectivity index (χ3v) is 3.40. The lowest BCUT2D eigenvalue weighted by atomic mass is 9.78. The van der Waals surface area contributed by atoms with Gasteiger partial charge in [-0.25, -0.2) is 0 Å². The van der Waals surface area contributed by atoms with E-state index in [0.29, 0.717) is 18.8 Å². The van der Waals surface area contributed by atoms with Crippen molar-refractivity contribution >= 4 is 12.4 Å². The lowest BCUT2D eigenvalue weighted by Crippen LogP contribution is -2.21. The second-order valence-electron chi connectivity index (χ2n) is 7.44. The van der Waals surface area contributed by atoms with Crippen LogP contribution in [0.2, 0.25) is 0 Å². The Labute approximate surface area is 135 Å². The molecule has 3 N–H and O–H groups in total. The molecule has 0 saturated heterocycles. The van der Waals surface area contributed by atoms with Crippen molar-refractivity contribution in [1.29, 1.82) is 0 Å². The lowest BCUT2D eigenvalue weighted by Gasteiger charge is -2.28. The van der Waals surface area contributed by atoms with Gasteiger partial charge in [0.1, 0.15) is 5.75 Å². The van der Waals surface area contributed by atoms with Crippen LogP contribution in [0.5, 0.6) is 5.75 Å². The molecule has 0 radical (unpaired) electrons. The van der Waals surface area contributed by atoms with Crippen LogP contribution in [0.1, 0.15) is 58.2 Å². The average molecular weight is 316 g/mol. The zero-order valence-corrected chi connectivity index (χ0v) is 14.9. The van der Waals surface area contributed by atoms with Gasteiger partial charge in [0.25, 0.3) is 0 Å². The van der Waals surface area contributed by atoms with Crippen LogP contribution < -0.4 is 5.32 Å². The molecule has 0 aromatic heterocycles. The molecular formula is C17H30ClNO2. The third-order valence-electron chi connectivity index (χ3n) is 3.40. The highest BCUT2D eigenvalue weighted by Crippen LogP contribution is 2.39. The predicted octanol–water partition coefficient (Wildman–Crippen LogP) is 3.49. The van der Waals surface area contributed by atoms with Crippen LogP contribution in [0, 0.1) is 0 Å². The summed E-state index contributed by atoms with van der Waals surface area (Å²) in [5.41, 5.74) is 2.90. The summed E-state index contributed by atoms with van der Waals surface area (Å²) in [7, 11) is 0. The van der Waals surface area contributed by atoms with Crippen molar-refractivity contribution in [3.8, 4) is 5.75 Å². The summed E-state index contributed by atoms with van der Waals surface area (Å²) >= 11 is 0. The second kappa shape index (κ2) is 7.48. The first kappa shape index (κ1) is 20.2. The summed E-state index contributed by atoms with van der Waals surface area (Å²) in [6, 6.07) is 4.13. The molecule has 0 amide bonds. The number of aliphatic hydroxyl groups is 1. The fourth-order valence-electron chi connectivity index (χ4n) is 2.25. The Kier molecular flexibility index (Phi) is 7.21. The molecule has 0 heterocycles. The predicted molar refractivity (Wildman–Crippen MR) is 91.5 cm³/mol. The maximum Gasteiger partial charge on any atom is 0.123 e. The van der Waals surface area contributed by atoms with Gasteiger partial charge in [-0.3, -0.25) is 0 Å². The highest BCUT2D eigenvalue weighted by Gasteiger charge is 2.26. The van der Waals surface area contributed by atoms with Crippen molar-refractivity contribution in [1.82, 2.24) is 5.32 Å². The number of hydrogen-bond donors (Lipinski definition) is 3. The monoisotopic (exact) mass is 315 g/mol. The standard InChI is InChI=1S/C17H29NO2.ClH/c1-16(2,3)13-9-12(11-18-7-8-19)10-14(15(13)20)17(4,5)6;/h9-10,18-20H,7-8,11H2,1-6H3;1H. The SMILES string of the molecule is CC(C)(C)c1cc(CNCCO)cc(C(C)(C)C)c1O.Cl. The van der Waals surface area contributed by atoms with Gasteiger partial charge >= 0.3 is 0 Å². The minimum absolute atomic E-state index is 0.